The van der Waals surface area contributed by atoms with Crippen LogP contribution in [0.15, 0.2) is 78.1 Å². The van der Waals surface area contributed by atoms with Crippen LogP contribution in [0.2, 0.25) is 0 Å². The molecule has 0 radical (unpaired) electrons. The second-order valence-electron chi connectivity index (χ2n) is 12.4. The summed E-state index contributed by atoms with van der Waals surface area (Å²) in [5.41, 5.74) is 16.9. The highest BCUT2D eigenvalue weighted by molar-refractivity contribution is 9.10. The van der Waals surface area contributed by atoms with E-state index in [1.165, 1.54) is 6.42 Å². The molecule has 0 bridgehead atoms. The number of nitrogen functional groups attached to an aromatic ring is 2. The van der Waals surface area contributed by atoms with E-state index in [-0.39, 0.29) is 18.2 Å². The van der Waals surface area contributed by atoms with Crippen LogP contribution in [0.5, 0.6) is 0 Å². The number of likely N-dealkylation sites (tertiary alicyclic amines) is 2. The normalized spacial score (nSPS) is 18.4. The van der Waals surface area contributed by atoms with Crippen molar-refractivity contribution in [3.8, 4) is 11.3 Å². The van der Waals surface area contributed by atoms with Gasteiger partial charge in [0.05, 0.1) is 18.5 Å². The number of anilines is 2. The third kappa shape index (κ3) is 6.04. The Morgan fingerprint density at radius 2 is 1.40 bits per heavy atom. The Morgan fingerprint density at radius 1 is 0.792 bits per heavy atom. The van der Waals surface area contributed by atoms with E-state index in [9.17, 15) is 4.79 Å². The van der Waals surface area contributed by atoms with Gasteiger partial charge in [-0.3, -0.25) is 28.4 Å². The third-order valence-corrected chi connectivity index (χ3v) is 9.92. The largest absolute Gasteiger partial charge is 0.382 e. The van der Waals surface area contributed by atoms with Crippen LogP contribution in [0.25, 0.3) is 22.3 Å². The smallest absolute Gasteiger partial charge is 0.168 e. The molecular formula is C35H38BrN11O. The Kier molecular flexibility index (Phi) is 8.90. The number of imidazole rings is 2. The zero-order chi connectivity index (χ0) is 33.4. The highest BCUT2D eigenvalue weighted by Gasteiger charge is 2.29. The van der Waals surface area contributed by atoms with E-state index in [2.05, 4.69) is 64.2 Å². The fraction of sp³-hybridized carbons (Fsp3) is 0.314. The molecule has 48 heavy (non-hydrogen) atoms. The van der Waals surface area contributed by atoms with Crippen LogP contribution in [0.1, 0.15) is 65.5 Å². The molecule has 2 aliphatic heterocycles. The SMILES string of the molecule is CN1CCC[C@H]1c1nc(-c2ccc(C(=O)Cc3ccccn3)cc2)c2c(N)nccn12.CN1CCC[C@H]1c1nc(Br)c2c(N)nccn12. The van der Waals surface area contributed by atoms with Gasteiger partial charge in [-0.1, -0.05) is 30.3 Å². The zero-order valence-corrected chi connectivity index (χ0v) is 28.6. The summed E-state index contributed by atoms with van der Waals surface area (Å²) < 4.78 is 4.88. The fourth-order valence-electron chi connectivity index (χ4n) is 6.86. The van der Waals surface area contributed by atoms with Gasteiger partial charge in [0.2, 0.25) is 0 Å². The van der Waals surface area contributed by atoms with Crippen molar-refractivity contribution in [2.45, 2.75) is 44.2 Å². The Bertz CT molecular complexity index is 2080. The average Bonchev–Trinajstić information content (AvgIpc) is 3.88. The maximum Gasteiger partial charge on any atom is 0.168 e. The number of carbonyl (C=O) groups excluding carboxylic acids is 1. The van der Waals surface area contributed by atoms with Gasteiger partial charge in [0.25, 0.3) is 0 Å². The molecule has 8 rings (SSSR count). The van der Waals surface area contributed by atoms with Crippen LogP contribution in [0, 0.1) is 0 Å². The number of hydrogen-bond acceptors (Lipinski definition) is 10. The van der Waals surface area contributed by atoms with Gasteiger partial charge in [-0.15, -0.1) is 0 Å². The van der Waals surface area contributed by atoms with Crippen molar-refractivity contribution in [3.05, 3.63) is 101 Å². The molecule has 2 fully saturated rings. The van der Waals surface area contributed by atoms with E-state index in [0.717, 1.165) is 76.6 Å². The van der Waals surface area contributed by atoms with E-state index in [4.69, 9.17) is 16.5 Å². The lowest BCUT2D eigenvalue weighted by molar-refractivity contribution is 0.0992. The van der Waals surface area contributed by atoms with Gasteiger partial charge in [0.1, 0.15) is 38.8 Å². The Labute approximate surface area is 287 Å². The van der Waals surface area contributed by atoms with Crippen LogP contribution in [-0.4, -0.2) is 76.5 Å². The highest BCUT2D eigenvalue weighted by atomic mass is 79.9. The first-order chi connectivity index (χ1) is 23.3. The Hall–Kier alpha value is -4.72. The number of ketones is 1. The summed E-state index contributed by atoms with van der Waals surface area (Å²) >= 11 is 3.47. The molecule has 0 spiro atoms. The van der Waals surface area contributed by atoms with Crippen LogP contribution < -0.4 is 11.5 Å². The first-order valence-corrected chi connectivity index (χ1v) is 16.9. The summed E-state index contributed by atoms with van der Waals surface area (Å²) in [4.78, 5) is 39.5. The molecule has 0 saturated carbocycles. The zero-order valence-electron chi connectivity index (χ0n) is 27.0. The molecule has 13 heteroatoms. The first-order valence-electron chi connectivity index (χ1n) is 16.1. The molecule has 2 aliphatic rings. The molecule has 4 N–H and O–H groups in total. The molecule has 5 aromatic heterocycles. The number of Topliss-reactive ketones (excluding diaryl/α,β-unsaturated/α-hetero) is 1. The summed E-state index contributed by atoms with van der Waals surface area (Å²) in [5, 5.41) is 0. The molecule has 0 amide bonds. The van der Waals surface area contributed by atoms with E-state index < -0.39 is 0 Å². The number of carbonyl (C=O) groups is 1. The number of halogens is 1. The van der Waals surface area contributed by atoms with Gasteiger partial charge in [0.15, 0.2) is 11.6 Å². The van der Waals surface area contributed by atoms with Crippen molar-refractivity contribution in [2.24, 2.45) is 0 Å². The summed E-state index contributed by atoms with van der Waals surface area (Å²) in [6.07, 6.45) is 13.8. The number of nitrogens with two attached hydrogens (primary N) is 2. The van der Waals surface area contributed by atoms with Crippen molar-refractivity contribution in [1.82, 2.24) is 43.5 Å². The third-order valence-electron chi connectivity index (χ3n) is 9.36. The van der Waals surface area contributed by atoms with Gasteiger partial charge in [0, 0.05) is 47.8 Å². The van der Waals surface area contributed by atoms with Crippen molar-refractivity contribution in [1.29, 1.82) is 0 Å². The Morgan fingerprint density at radius 3 is 1.98 bits per heavy atom. The summed E-state index contributed by atoms with van der Waals surface area (Å²) in [7, 11) is 4.27. The lowest BCUT2D eigenvalue weighted by Gasteiger charge is -2.18. The number of pyridine rings is 1. The minimum Gasteiger partial charge on any atom is -0.382 e. The molecule has 12 nitrogen and oxygen atoms in total. The number of nitrogens with zero attached hydrogens (tertiary/aromatic N) is 9. The number of aromatic nitrogens is 7. The van der Waals surface area contributed by atoms with Crippen LogP contribution in [0.3, 0.4) is 0 Å². The number of hydrogen-bond donors (Lipinski definition) is 2. The highest BCUT2D eigenvalue weighted by Crippen LogP contribution is 2.36. The summed E-state index contributed by atoms with van der Waals surface area (Å²) in [6.45, 7) is 2.18. The van der Waals surface area contributed by atoms with Gasteiger partial charge >= 0.3 is 0 Å². The topological polar surface area (TPSA) is 149 Å². The minimum atomic E-state index is 0.0365. The number of rotatable bonds is 6. The van der Waals surface area contributed by atoms with Crippen LogP contribution >= 0.6 is 15.9 Å². The Balaban J connectivity index is 0.000000180. The fourth-order valence-corrected chi connectivity index (χ4v) is 7.43. The van der Waals surface area contributed by atoms with Gasteiger partial charge in [-0.05, 0) is 80.9 Å². The molecule has 1 aromatic carbocycles. The second kappa shape index (κ2) is 13.4. The lowest BCUT2D eigenvalue weighted by atomic mass is 10.0. The van der Waals surface area contributed by atoms with E-state index in [0.29, 0.717) is 23.2 Å². The minimum absolute atomic E-state index is 0.0365. The molecule has 0 aliphatic carbocycles. The van der Waals surface area contributed by atoms with E-state index >= 15 is 0 Å². The predicted molar refractivity (Wildman–Crippen MR) is 189 cm³/mol. The second-order valence-corrected chi connectivity index (χ2v) is 13.2. The maximum atomic E-state index is 12.6. The summed E-state index contributed by atoms with van der Waals surface area (Å²) in [5.74, 6) is 3.02. The maximum absolute atomic E-state index is 12.6. The monoisotopic (exact) mass is 707 g/mol. The molecule has 246 valence electrons. The molecule has 0 unspecified atom stereocenters. The lowest BCUT2D eigenvalue weighted by Crippen LogP contribution is -2.19. The average molecular weight is 709 g/mol. The molecular weight excluding hydrogens is 670 g/mol. The molecule has 2 saturated heterocycles. The van der Waals surface area contributed by atoms with Gasteiger partial charge in [-0.25, -0.2) is 19.9 Å². The number of fused-ring (bicyclic) bond motifs is 2. The van der Waals surface area contributed by atoms with Gasteiger partial charge in [-0.2, -0.15) is 0 Å². The van der Waals surface area contributed by atoms with Crippen molar-refractivity contribution < 1.29 is 4.79 Å². The van der Waals surface area contributed by atoms with Crippen molar-refractivity contribution in [2.75, 3.05) is 38.7 Å². The van der Waals surface area contributed by atoms with Crippen molar-refractivity contribution >= 4 is 44.4 Å². The first kappa shape index (κ1) is 31.9. The summed E-state index contributed by atoms with van der Waals surface area (Å²) in [6, 6.07) is 13.8. The molecule has 6 aromatic rings. The quantitative estimate of drug-likeness (QED) is 0.215. The molecule has 2 atom stereocenters. The molecule has 7 heterocycles. The van der Waals surface area contributed by atoms with E-state index in [1.54, 1.807) is 18.6 Å². The standard InChI is InChI=1S/C24H24N6O.C11H14BrN5/c1-29-13-4-6-19(29)24-28-21(22-23(25)27-12-14-30(22)24)17-9-7-16(8-10-17)20(31)15-18-5-2-3-11-26-18;1-16-5-2-3-7(16)11-15-9(12)8-10(13)14-4-6-17(8)11/h2-3,5,7-12,14,19H,4,6,13,15H2,1H3,(H2,25,27);4,6-7H,2-3,5H2,1H3,(H2,13,14)/t19-;7-/m00/s1. The van der Waals surface area contributed by atoms with Crippen LogP contribution in [-0.2, 0) is 6.42 Å². The van der Waals surface area contributed by atoms with Gasteiger partial charge < -0.3 is 11.5 Å². The van der Waals surface area contributed by atoms with Crippen LogP contribution in [0.4, 0.5) is 11.6 Å². The number of benzene rings is 1. The van der Waals surface area contributed by atoms with Crippen molar-refractivity contribution in [3.63, 3.8) is 0 Å². The van der Waals surface area contributed by atoms with E-state index in [1.807, 2.05) is 59.3 Å². The predicted octanol–water partition coefficient (Wildman–Crippen LogP) is 5.41.